The van der Waals surface area contributed by atoms with E-state index in [-0.39, 0.29) is 0 Å². The summed E-state index contributed by atoms with van der Waals surface area (Å²) in [5.41, 5.74) is 2.71. The van der Waals surface area contributed by atoms with Crippen LogP contribution in [0.2, 0.25) is 0 Å². The highest BCUT2D eigenvalue weighted by atomic mass is 14.0. The molecule has 1 rings (SSSR count). The highest BCUT2D eigenvalue weighted by Gasteiger charge is 1.94. The van der Waals surface area contributed by atoms with Crippen LogP contribution in [0, 0.1) is 0 Å². The first-order chi connectivity index (χ1) is 5.83. The molecule has 0 unspecified atom stereocenters. The maximum absolute atomic E-state index is 4.04. The summed E-state index contributed by atoms with van der Waals surface area (Å²) in [7, 11) is 0. The van der Waals surface area contributed by atoms with Gasteiger partial charge in [0.25, 0.3) is 0 Å². The van der Waals surface area contributed by atoms with Crippen LogP contribution in [0.5, 0.6) is 0 Å². The molecular formula is C12H16. The lowest BCUT2D eigenvalue weighted by Gasteiger charge is -2.02. The zero-order valence-corrected chi connectivity index (χ0v) is 7.72. The molecule has 0 saturated heterocycles. The number of allylic oxidation sites excluding steroid dienone is 1. The van der Waals surface area contributed by atoms with E-state index in [4.69, 9.17) is 0 Å². The SMILES string of the molecule is C=C(CCC)Cc1ccccc1. The summed E-state index contributed by atoms with van der Waals surface area (Å²) in [6, 6.07) is 10.5. The van der Waals surface area contributed by atoms with Crippen LogP contribution in [0.15, 0.2) is 42.5 Å². The molecule has 0 spiro atoms. The van der Waals surface area contributed by atoms with Gasteiger partial charge in [0, 0.05) is 0 Å². The zero-order valence-electron chi connectivity index (χ0n) is 7.72. The Morgan fingerprint density at radius 1 is 1.25 bits per heavy atom. The maximum atomic E-state index is 4.04. The first-order valence-corrected chi connectivity index (χ1v) is 4.53. The molecular weight excluding hydrogens is 144 g/mol. The molecule has 0 N–H and O–H groups in total. The maximum Gasteiger partial charge on any atom is -0.00698 e. The summed E-state index contributed by atoms with van der Waals surface area (Å²) in [4.78, 5) is 0. The van der Waals surface area contributed by atoms with Gasteiger partial charge in [-0.25, -0.2) is 0 Å². The molecule has 1 aromatic carbocycles. The molecule has 0 aliphatic heterocycles. The Hall–Kier alpha value is -1.04. The molecule has 1 aromatic rings. The molecule has 0 radical (unpaired) electrons. The van der Waals surface area contributed by atoms with Crippen LogP contribution in [-0.4, -0.2) is 0 Å². The molecule has 0 nitrogen and oxygen atoms in total. The third-order valence-corrected chi connectivity index (χ3v) is 1.90. The van der Waals surface area contributed by atoms with Gasteiger partial charge in [0.15, 0.2) is 0 Å². The fourth-order valence-electron chi connectivity index (χ4n) is 1.33. The van der Waals surface area contributed by atoms with Crippen molar-refractivity contribution in [3.8, 4) is 0 Å². The van der Waals surface area contributed by atoms with Crippen molar-refractivity contribution in [3.05, 3.63) is 48.0 Å². The number of rotatable bonds is 4. The Morgan fingerprint density at radius 3 is 2.50 bits per heavy atom. The highest BCUT2D eigenvalue weighted by Crippen LogP contribution is 2.10. The molecule has 12 heavy (non-hydrogen) atoms. The van der Waals surface area contributed by atoms with Crippen LogP contribution in [0.25, 0.3) is 0 Å². The molecule has 0 aliphatic rings. The van der Waals surface area contributed by atoms with Crippen LogP contribution < -0.4 is 0 Å². The van der Waals surface area contributed by atoms with Crippen molar-refractivity contribution in [2.75, 3.05) is 0 Å². The van der Waals surface area contributed by atoms with E-state index in [0.717, 1.165) is 12.8 Å². The van der Waals surface area contributed by atoms with Gasteiger partial charge in [-0.15, -0.1) is 0 Å². The van der Waals surface area contributed by atoms with Crippen molar-refractivity contribution < 1.29 is 0 Å². The largest absolute Gasteiger partial charge is 0.0995 e. The van der Waals surface area contributed by atoms with Gasteiger partial charge in [-0.2, -0.15) is 0 Å². The van der Waals surface area contributed by atoms with Crippen LogP contribution >= 0.6 is 0 Å². The first kappa shape index (κ1) is 9.05. The molecule has 0 bridgehead atoms. The van der Waals surface area contributed by atoms with Crippen LogP contribution in [0.3, 0.4) is 0 Å². The summed E-state index contributed by atoms with van der Waals surface area (Å²) < 4.78 is 0. The molecule has 0 heteroatoms. The molecule has 64 valence electrons. The monoisotopic (exact) mass is 160 g/mol. The number of hydrogen-bond acceptors (Lipinski definition) is 0. The van der Waals surface area contributed by atoms with E-state index >= 15 is 0 Å². The van der Waals surface area contributed by atoms with E-state index in [1.54, 1.807) is 0 Å². The minimum absolute atomic E-state index is 1.04. The molecule has 0 fully saturated rings. The summed E-state index contributed by atoms with van der Waals surface area (Å²) in [6.45, 7) is 6.23. The van der Waals surface area contributed by atoms with E-state index in [0.29, 0.717) is 0 Å². The van der Waals surface area contributed by atoms with Gasteiger partial charge in [0.2, 0.25) is 0 Å². The predicted molar refractivity (Wildman–Crippen MR) is 54.2 cm³/mol. The fourth-order valence-corrected chi connectivity index (χ4v) is 1.33. The highest BCUT2D eigenvalue weighted by molar-refractivity contribution is 5.20. The third-order valence-electron chi connectivity index (χ3n) is 1.90. The van der Waals surface area contributed by atoms with E-state index in [1.165, 1.54) is 17.6 Å². The van der Waals surface area contributed by atoms with Crippen molar-refractivity contribution >= 4 is 0 Å². The van der Waals surface area contributed by atoms with Crippen molar-refractivity contribution in [3.63, 3.8) is 0 Å². The van der Waals surface area contributed by atoms with Gasteiger partial charge < -0.3 is 0 Å². The lowest BCUT2D eigenvalue weighted by atomic mass is 10.0. The lowest BCUT2D eigenvalue weighted by molar-refractivity contribution is 0.875. The topological polar surface area (TPSA) is 0 Å². The van der Waals surface area contributed by atoms with Crippen molar-refractivity contribution in [2.24, 2.45) is 0 Å². The summed E-state index contributed by atoms with van der Waals surface area (Å²) in [5, 5.41) is 0. The predicted octanol–water partition coefficient (Wildman–Crippen LogP) is 3.59. The molecule has 0 aliphatic carbocycles. The molecule has 0 amide bonds. The smallest absolute Gasteiger partial charge is 0.00698 e. The van der Waals surface area contributed by atoms with Gasteiger partial charge >= 0.3 is 0 Å². The zero-order chi connectivity index (χ0) is 8.81. The Bertz CT molecular complexity index is 233. The number of benzene rings is 1. The Balaban J connectivity index is 2.47. The van der Waals surface area contributed by atoms with E-state index in [9.17, 15) is 0 Å². The summed E-state index contributed by atoms with van der Waals surface area (Å²) in [5.74, 6) is 0. The standard InChI is InChI=1S/C12H16/c1-3-7-11(2)10-12-8-5-4-6-9-12/h4-6,8-9H,2-3,7,10H2,1H3. The van der Waals surface area contributed by atoms with Crippen molar-refractivity contribution in [2.45, 2.75) is 26.2 Å². The van der Waals surface area contributed by atoms with Gasteiger partial charge in [-0.05, 0) is 18.4 Å². The molecule has 0 heterocycles. The minimum atomic E-state index is 1.04. The second kappa shape index (κ2) is 4.76. The van der Waals surface area contributed by atoms with Crippen molar-refractivity contribution in [1.29, 1.82) is 0 Å². The number of hydrogen-bond donors (Lipinski definition) is 0. The van der Waals surface area contributed by atoms with Gasteiger partial charge in [0.1, 0.15) is 0 Å². The average Bonchev–Trinajstić information content (AvgIpc) is 2.06. The van der Waals surface area contributed by atoms with E-state index < -0.39 is 0 Å². The van der Waals surface area contributed by atoms with Gasteiger partial charge in [-0.1, -0.05) is 55.8 Å². The van der Waals surface area contributed by atoms with Crippen LogP contribution in [0.1, 0.15) is 25.3 Å². The Kier molecular flexibility index (Phi) is 3.59. The average molecular weight is 160 g/mol. The first-order valence-electron chi connectivity index (χ1n) is 4.53. The Labute approximate surface area is 74.9 Å². The van der Waals surface area contributed by atoms with E-state index in [1.807, 2.05) is 6.07 Å². The summed E-state index contributed by atoms with van der Waals surface area (Å²) >= 11 is 0. The second-order valence-corrected chi connectivity index (χ2v) is 3.16. The van der Waals surface area contributed by atoms with Crippen LogP contribution in [0.4, 0.5) is 0 Å². The van der Waals surface area contributed by atoms with Crippen molar-refractivity contribution in [1.82, 2.24) is 0 Å². The van der Waals surface area contributed by atoms with E-state index in [2.05, 4.69) is 37.8 Å². The fraction of sp³-hybridized carbons (Fsp3) is 0.333. The Morgan fingerprint density at radius 2 is 1.92 bits per heavy atom. The third kappa shape index (κ3) is 2.91. The van der Waals surface area contributed by atoms with Gasteiger partial charge in [0.05, 0.1) is 0 Å². The second-order valence-electron chi connectivity index (χ2n) is 3.16. The minimum Gasteiger partial charge on any atom is -0.0995 e. The quantitative estimate of drug-likeness (QED) is 0.590. The van der Waals surface area contributed by atoms with Crippen LogP contribution in [-0.2, 0) is 6.42 Å². The molecule has 0 aromatic heterocycles. The normalized spacial score (nSPS) is 9.75. The lowest BCUT2D eigenvalue weighted by Crippen LogP contribution is -1.87. The summed E-state index contributed by atoms with van der Waals surface area (Å²) in [6.07, 6.45) is 3.38. The van der Waals surface area contributed by atoms with Gasteiger partial charge in [-0.3, -0.25) is 0 Å². The molecule has 0 saturated carbocycles. The molecule has 0 atom stereocenters.